The van der Waals surface area contributed by atoms with Gasteiger partial charge in [-0.05, 0) is 12.5 Å². The molecule has 2 heterocycles. The summed E-state index contributed by atoms with van der Waals surface area (Å²) in [5.41, 5.74) is 0.813. The van der Waals surface area contributed by atoms with Gasteiger partial charge < -0.3 is 9.67 Å². The molecule has 4 nitrogen and oxygen atoms in total. The third-order valence-corrected chi connectivity index (χ3v) is 2.34. The Kier molecular flexibility index (Phi) is 2.96. The maximum atomic E-state index is 13.0. The van der Waals surface area contributed by atoms with Crippen molar-refractivity contribution in [1.29, 1.82) is 0 Å². The number of aliphatic hydroxyl groups is 1. The minimum atomic E-state index is -0.476. The molecule has 0 saturated heterocycles. The Morgan fingerprint density at radius 1 is 1.44 bits per heavy atom. The first-order valence-electron chi connectivity index (χ1n) is 4.98. The van der Waals surface area contributed by atoms with Crippen LogP contribution in [0.3, 0.4) is 0 Å². The van der Waals surface area contributed by atoms with E-state index in [4.69, 9.17) is 5.11 Å². The van der Waals surface area contributed by atoms with Crippen molar-refractivity contribution in [2.24, 2.45) is 0 Å². The molecule has 0 bridgehead atoms. The lowest BCUT2D eigenvalue weighted by Gasteiger charge is -2.08. The standard InChI is InChI=1S/C11H11FN2O2/c12-8-6-10-9(13-7-8)2-3-11(16)14(10)4-1-5-15/h2-3,6-7,15H,1,4-5H2. The number of fused-ring (bicyclic) bond motifs is 1. The third-order valence-electron chi connectivity index (χ3n) is 2.34. The van der Waals surface area contributed by atoms with E-state index in [1.807, 2.05) is 0 Å². The number of hydrogen-bond acceptors (Lipinski definition) is 3. The van der Waals surface area contributed by atoms with Crippen molar-refractivity contribution >= 4 is 11.0 Å². The summed E-state index contributed by atoms with van der Waals surface area (Å²) in [4.78, 5) is 15.5. The maximum Gasteiger partial charge on any atom is 0.251 e. The summed E-state index contributed by atoms with van der Waals surface area (Å²) < 4.78 is 14.5. The van der Waals surface area contributed by atoms with Crippen molar-refractivity contribution in [3.05, 3.63) is 40.6 Å². The largest absolute Gasteiger partial charge is 0.396 e. The van der Waals surface area contributed by atoms with Gasteiger partial charge in [0, 0.05) is 25.3 Å². The predicted molar refractivity (Wildman–Crippen MR) is 57.7 cm³/mol. The molecular formula is C11H11FN2O2. The van der Waals surface area contributed by atoms with Gasteiger partial charge in [0.15, 0.2) is 0 Å². The second-order valence-electron chi connectivity index (χ2n) is 3.46. The van der Waals surface area contributed by atoms with E-state index < -0.39 is 5.82 Å². The van der Waals surface area contributed by atoms with Crippen LogP contribution in [-0.4, -0.2) is 21.3 Å². The van der Waals surface area contributed by atoms with E-state index in [0.29, 0.717) is 24.0 Å². The second-order valence-corrected chi connectivity index (χ2v) is 3.46. The van der Waals surface area contributed by atoms with Gasteiger partial charge in [0.1, 0.15) is 5.82 Å². The summed E-state index contributed by atoms with van der Waals surface area (Å²) in [6, 6.07) is 4.23. The zero-order chi connectivity index (χ0) is 11.5. The highest BCUT2D eigenvalue weighted by Crippen LogP contribution is 2.10. The van der Waals surface area contributed by atoms with Crippen molar-refractivity contribution in [3.63, 3.8) is 0 Å². The van der Waals surface area contributed by atoms with E-state index in [1.54, 1.807) is 6.07 Å². The fourth-order valence-corrected chi connectivity index (χ4v) is 1.60. The molecule has 0 unspecified atom stereocenters. The van der Waals surface area contributed by atoms with Gasteiger partial charge >= 0.3 is 0 Å². The Labute approximate surface area is 91.0 Å². The zero-order valence-corrected chi connectivity index (χ0v) is 8.56. The first-order valence-corrected chi connectivity index (χ1v) is 4.98. The van der Waals surface area contributed by atoms with E-state index in [-0.39, 0.29) is 12.2 Å². The third kappa shape index (κ3) is 1.94. The first-order chi connectivity index (χ1) is 7.72. The smallest absolute Gasteiger partial charge is 0.251 e. The summed E-state index contributed by atoms with van der Waals surface area (Å²) >= 11 is 0. The van der Waals surface area contributed by atoms with Gasteiger partial charge in [-0.3, -0.25) is 9.78 Å². The highest BCUT2D eigenvalue weighted by molar-refractivity contribution is 5.74. The lowest BCUT2D eigenvalue weighted by molar-refractivity contribution is 0.280. The molecule has 0 aliphatic heterocycles. The summed E-state index contributed by atoms with van der Waals surface area (Å²) in [6.07, 6.45) is 1.57. The van der Waals surface area contributed by atoms with Crippen LogP contribution in [-0.2, 0) is 6.54 Å². The molecule has 0 atom stereocenters. The number of halogens is 1. The molecule has 0 aromatic carbocycles. The molecule has 0 aliphatic carbocycles. The van der Waals surface area contributed by atoms with E-state index in [1.165, 1.54) is 16.7 Å². The quantitative estimate of drug-likeness (QED) is 0.840. The number of aromatic nitrogens is 2. The number of aliphatic hydroxyl groups excluding tert-OH is 1. The highest BCUT2D eigenvalue weighted by atomic mass is 19.1. The molecule has 0 radical (unpaired) electrons. The molecular weight excluding hydrogens is 211 g/mol. The maximum absolute atomic E-state index is 13.0. The van der Waals surface area contributed by atoms with Crippen molar-refractivity contribution in [1.82, 2.24) is 9.55 Å². The van der Waals surface area contributed by atoms with Crippen LogP contribution in [0.5, 0.6) is 0 Å². The van der Waals surface area contributed by atoms with E-state index in [0.717, 1.165) is 6.20 Å². The number of aryl methyl sites for hydroxylation is 1. The number of hydrogen-bond donors (Lipinski definition) is 1. The summed E-state index contributed by atoms with van der Waals surface area (Å²) in [6.45, 7) is 0.351. The van der Waals surface area contributed by atoms with Crippen LogP contribution in [0.15, 0.2) is 29.2 Å². The molecule has 2 rings (SSSR count). The van der Waals surface area contributed by atoms with Gasteiger partial charge in [0.25, 0.3) is 5.56 Å². The van der Waals surface area contributed by atoms with Crippen LogP contribution in [0.2, 0.25) is 0 Å². The minimum absolute atomic E-state index is 0.00836. The molecule has 1 N–H and O–H groups in total. The molecule has 5 heteroatoms. The van der Waals surface area contributed by atoms with Crippen molar-refractivity contribution in [3.8, 4) is 0 Å². The van der Waals surface area contributed by atoms with Gasteiger partial charge in [-0.15, -0.1) is 0 Å². The van der Waals surface area contributed by atoms with Gasteiger partial charge in [-0.1, -0.05) is 0 Å². The molecule has 2 aromatic rings. The normalized spacial score (nSPS) is 10.9. The Bertz CT molecular complexity index is 565. The molecule has 0 aliphatic rings. The number of nitrogens with zero attached hydrogens (tertiary/aromatic N) is 2. The van der Waals surface area contributed by atoms with Crippen LogP contribution in [0, 0.1) is 5.82 Å². The van der Waals surface area contributed by atoms with E-state index in [9.17, 15) is 9.18 Å². The Morgan fingerprint density at radius 3 is 3.00 bits per heavy atom. The molecule has 16 heavy (non-hydrogen) atoms. The van der Waals surface area contributed by atoms with Crippen LogP contribution in [0.25, 0.3) is 11.0 Å². The van der Waals surface area contributed by atoms with Crippen molar-refractivity contribution in [2.45, 2.75) is 13.0 Å². The van der Waals surface area contributed by atoms with E-state index in [2.05, 4.69) is 4.98 Å². The van der Waals surface area contributed by atoms with E-state index >= 15 is 0 Å². The van der Waals surface area contributed by atoms with Crippen molar-refractivity contribution < 1.29 is 9.50 Å². The average Bonchev–Trinajstić information content (AvgIpc) is 2.28. The van der Waals surface area contributed by atoms with Crippen LogP contribution in [0.1, 0.15) is 6.42 Å². The van der Waals surface area contributed by atoms with Crippen molar-refractivity contribution in [2.75, 3.05) is 6.61 Å². The Morgan fingerprint density at radius 2 is 2.25 bits per heavy atom. The zero-order valence-electron chi connectivity index (χ0n) is 8.56. The molecule has 0 fully saturated rings. The molecule has 0 saturated carbocycles. The van der Waals surface area contributed by atoms with Gasteiger partial charge in [0.2, 0.25) is 0 Å². The Hall–Kier alpha value is -1.75. The predicted octanol–water partition coefficient (Wildman–Crippen LogP) is 0.918. The molecule has 0 amide bonds. The van der Waals surface area contributed by atoms with Crippen LogP contribution < -0.4 is 5.56 Å². The molecule has 2 aromatic heterocycles. The fraction of sp³-hybridized carbons (Fsp3) is 0.273. The SMILES string of the molecule is O=c1ccc2ncc(F)cc2n1CCCO. The monoisotopic (exact) mass is 222 g/mol. The lowest BCUT2D eigenvalue weighted by Crippen LogP contribution is -2.20. The molecule has 84 valence electrons. The number of pyridine rings is 2. The lowest BCUT2D eigenvalue weighted by atomic mass is 10.3. The van der Waals surface area contributed by atoms with Gasteiger partial charge in [-0.25, -0.2) is 4.39 Å². The van der Waals surface area contributed by atoms with Crippen LogP contribution >= 0.6 is 0 Å². The Balaban J connectivity index is 2.63. The highest BCUT2D eigenvalue weighted by Gasteiger charge is 2.04. The van der Waals surface area contributed by atoms with Gasteiger partial charge in [0.05, 0.1) is 17.2 Å². The minimum Gasteiger partial charge on any atom is -0.396 e. The number of rotatable bonds is 3. The topological polar surface area (TPSA) is 55.1 Å². The summed E-state index contributed by atoms with van der Waals surface area (Å²) in [5.74, 6) is -0.476. The second kappa shape index (κ2) is 4.40. The summed E-state index contributed by atoms with van der Waals surface area (Å²) in [7, 11) is 0. The first kappa shape index (κ1) is 10.8. The summed E-state index contributed by atoms with van der Waals surface area (Å²) in [5, 5.41) is 8.74. The average molecular weight is 222 g/mol. The van der Waals surface area contributed by atoms with Crippen LogP contribution in [0.4, 0.5) is 4.39 Å². The molecule has 0 spiro atoms. The fourth-order valence-electron chi connectivity index (χ4n) is 1.60. The van der Waals surface area contributed by atoms with Gasteiger partial charge in [-0.2, -0.15) is 0 Å².